The molecule has 2 aliphatic rings. The van der Waals surface area contributed by atoms with Crippen LogP contribution >= 0.6 is 0 Å². The Balaban J connectivity index is 2.45. The van der Waals surface area contributed by atoms with Crippen LogP contribution in [0.5, 0.6) is 5.75 Å². The lowest BCUT2D eigenvalue weighted by Crippen LogP contribution is -2.31. The molecule has 0 saturated heterocycles. The lowest BCUT2D eigenvalue weighted by atomic mass is 10.2. The van der Waals surface area contributed by atoms with Crippen LogP contribution in [0, 0.1) is 5.21 Å². The molecule has 0 bridgehead atoms. The minimum absolute atomic E-state index is 0.200. The number of nitrogens with zero attached hydrogens (tertiary/aromatic N) is 1. The fourth-order valence-electron chi connectivity index (χ4n) is 1.86. The van der Waals surface area contributed by atoms with E-state index < -0.39 is 0 Å². The van der Waals surface area contributed by atoms with Gasteiger partial charge in [-0.25, -0.2) is 0 Å². The monoisotopic (exact) mass is 243 g/mol. The molecular formula is C13H9NO4. The second kappa shape index (κ2) is 3.73. The van der Waals surface area contributed by atoms with Gasteiger partial charge >= 0.3 is 0 Å². The first kappa shape index (κ1) is 10.6. The first-order valence-corrected chi connectivity index (χ1v) is 5.33. The number of aromatic nitrogens is 1. The molecule has 0 unspecified atom stereocenters. The van der Waals surface area contributed by atoms with Crippen LogP contribution in [-0.2, 0) is 0 Å². The molecule has 1 aromatic carbocycles. The molecular weight excluding hydrogens is 234 g/mol. The van der Waals surface area contributed by atoms with Gasteiger partial charge < -0.3 is 14.4 Å². The van der Waals surface area contributed by atoms with Gasteiger partial charge in [0.25, 0.3) is 11.2 Å². The number of hydrogen-bond donors (Lipinski definition) is 0. The van der Waals surface area contributed by atoms with E-state index in [-0.39, 0.29) is 11.2 Å². The highest BCUT2D eigenvalue weighted by Crippen LogP contribution is 2.24. The predicted octanol–water partition coefficient (Wildman–Crippen LogP) is 1.54. The summed E-state index contributed by atoms with van der Waals surface area (Å²) in [5, 5.41) is 12.1. The SMILES string of the molecule is COc1ccc2c(c1)oc1cc(=O)ccc-1[n+]2[O-]. The predicted molar refractivity (Wildman–Crippen MR) is 64.6 cm³/mol. The number of methoxy groups -OCH3 is 1. The van der Waals surface area contributed by atoms with E-state index in [2.05, 4.69) is 0 Å². The number of hydrogen-bond acceptors (Lipinski definition) is 4. The van der Waals surface area contributed by atoms with Gasteiger partial charge in [-0.05, 0) is 12.1 Å². The van der Waals surface area contributed by atoms with Crippen molar-refractivity contribution in [2.75, 3.05) is 7.11 Å². The molecule has 1 heterocycles. The first-order valence-electron chi connectivity index (χ1n) is 5.33. The van der Waals surface area contributed by atoms with Crippen LogP contribution in [0.4, 0.5) is 0 Å². The van der Waals surface area contributed by atoms with Gasteiger partial charge in [0, 0.05) is 24.3 Å². The van der Waals surface area contributed by atoms with Crippen LogP contribution in [0.2, 0.25) is 0 Å². The van der Waals surface area contributed by atoms with Gasteiger partial charge in [0.2, 0.25) is 11.3 Å². The van der Waals surface area contributed by atoms with E-state index in [1.165, 1.54) is 25.3 Å². The summed E-state index contributed by atoms with van der Waals surface area (Å²) in [4.78, 5) is 11.3. The maximum atomic E-state index is 12.1. The normalized spacial score (nSPS) is 10.9. The molecule has 5 nitrogen and oxygen atoms in total. The lowest BCUT2D eigenvalue weighted by molar-refractivity contribution is -0.566. The Bertz CT molecular complexity index is 763. The van der Waals surface area contributed by atoms with Crippen molar-refractivity contribution >= 4 is 11.1 Å². The zero-order valence-electron chi connectivity index (χ0n) is 9.54. The zero-order valence-corrected chi connectivity index (χ0v) is 9.54. The summed E-state index contributed by atoms with van der Waals surface area (Å²) in [7, 11) is 1.53. The Hall–Kier alpha value is -2.56. The van der Waals surface area contributed by atoms with Crippen LogP contribution < -0.4 is 14.9 Å². The maximum absolute atomic E-state index is 12.1. The second-order valence-electron chi connectivity index (χ2n) is 3.86. The fraction of sp³-hybridized carbons (Fsp3) is 0.0769. The molecule has 0 spiro atoms. The van der Waals surface area contributed by atoms with E-state index in [9.17, 15) is 10.0 Å². The molecule has 0 atom stereocenters. The first-order chi connectivity index (χ1) is 8.69. The van der Waals surface area contributed by atoms with Crippen molar-refractivity contribution in [3.8, 4) is 17.2 Å². The Morgan fingerprint density at radius 1 is 1.22 bits per heavy atom. The van der Waals surface area contributed by atoms with Crippen LogP contribution in [0.15, 0.2) is 45.6 Å². The Labute approximate surface area is 102 Å². The molecule has 1 aliphatic carbocycles. The van der Waals surface area contributed by atoms with Crippen LogP contribution in [0.3, 0.4) is 0 Å². The van der Waals surface area contributed by atoms with Gasteiger partial charge in [0.05, 0.1) is 7.11 Å². The quantitative estimate of drug-likeness (QED) is 0.369. The second-order valence-corrected chi connectivity index (χ2v) is 3.86. The van der Waals surface area contributed by atoms with Crippen molar-refractivity contribution in [2.45, 2.75) is 0 Å². The standard InChI is InChI=1S/C13H9NO4/c1-17-9-3-5-11-13(7-9)18-12-6-8(15)2-4-10(12)14(11)16/h2-7H,1H3. The van der Waals surface area contributed by atoms with Gasteiger partial charge in [-0.3, -0.25) is 4.79 Å². The third kappa shape index (κ3) is 1.48. The van der Waals surface area contributed by atoms with Crippen LogP contribution in [0.25, 0.3) is 22.6 Å². The van der Waals surface area contributed by atoms with Gasteiger partial charge in [0.1, 0.15) is 5.75 Å². The largest absolute Gasteiger partial charge is 0.618 e. The third-order valence-electron chi connectivity index (χ3n) is 2.76. The van der Waals surface area contributed by atoms with E-state index in [0.29, 0.717) is 22.5 Å². The van der Waals surface area contributed by atoms with Gasteiger partial charge in [-0.1, -0.05) is 0 Å². The van der Waals surface area contributed by atoms with E-state index in [1.54, 1.807) is 18.2 Å². The van der Waals surface area contributed by atoms with Crippen molar-refractivity contribution in [1.82, 2.24) is 0 Å². The van der Waals surface area contributed by atoms with Crippen molar-refractivity contribution in [3.63, 3.8) is 0 Å². The summed E-state index contributed by atoms with van der Waals surface area (Å²) in [5.74, 6) is 0.849. The highest BCUT2D eigenvalue weighted by molar-refractivity contribution is 5.73. The smallest absolute Gasteiger partial charge is 0.260 e. The molecule has 18 heavy (non-hydrogen) atoms. The molecule has 1 aliphatic heterocycles. The summed E-state index contributed by atoms with van der Waals surface area (Å²) >= 11 is 0. The minimum Gasteiger partial charge on any atom is -0.618 e. The highest BCUT2D eigenvalue weighted by atomic mass is 16.5. The molecule has 90 valence electrons. The molecule has 0 fully saturated rings. The van der Waals surface area contributed by atoms with Crippen LogP contribution in [0.1, 0.15) is 0 Å². The minimum atomic E-state index is -0.200. The summed E-state index contributed by atoms with van der Waals surface area (Å²) in [5.41, 5.74) is 0.894. The zero-order chi connectivity index (χ0) is 12.7. The van der Waals surface area contributed by atoms with E-state index in [4.69, 9.17) is 9.15 Å². The summed E-state index contributed by atoms with van der Waals surface area (Å²) < 4.78 is 11.4. The molecule has 0 aromatic heterocycles. The molecule has 1 aromatic rings. The number of fused-ring (bicyclic) bond motifs is 2. The highest BCUT2D eigenvalue weighted by Gasteiger charge is 2.19. The maximum Gasteiger partial charge on any atom is 0.260 e. The summed E-state index contributed by atoms with van der Waals surface area (Å²) in [6.07, 6.45) is 0. The van der Waals surface area contributed by atoms with Crippen LogP contribution in [-0.4, -0.2) is 7.11 Å². The van der Waals surface area contributed by atoms with Gasteiger partial charge in [0.15, 0.2) is 5.43 Å². The van der Waals surface area contributed by atoms with Crippen molar-refractivity contribution in [2.24, 2.45) is 0 Å². The van der Waals surface area contributed by atoms with E-state index in [0.717, 1.165) is 4.73 Å². The number of rotatable bonds is 1. The summed E-state index contributed by atoms with van der Waals surface area (Å²) in [6, 6.07) is 9.00. The third-order valence-corrected chi connectivity index (χ3v) is 2.76. The van der Waals surface area contributed by atoms with Crippen molar-refractivity contribution in [1.29, 1.82) is 0 Å². The molecule has 0 amide bonds. The Morgan fingerprint density at radius 3 is 2.83 bits per heavy atom. The Morgan fingerprint density at radius 2 is 2.06 bits per heavy atom. The van der Waals surface area contributed by atoms with Crippen molar-refractivity contribution in [3.05, 3.63) is 51.8 Å². The molecule has 0 N–H and O–H groups in total. The van der Waals surface area contributed by atoms with E-state index in [1.807, 2.05) is 0 Å². The molecule has 5 heteroatoms. The lowest BCUT2D eigenvalue weighted by Gasteiger charge is -2.09. The topological polar surface area (TPSA) is 66.4 Å². The molecule has 3 rings (SSSR count). The molecule has 0 saturated carbocycles. The van der Waals surface area contributed by atoms with E-state index >= 15 is 0 Å². The van der Waals surface area contributed by atoms with Gasteiger partial charge in [-0.2, -0.15) is 4.73 Å². The van der Waals surface area contributed by atoms with Crippen molar-refractivity contribution < 1.29 is 13.9 Å². The summed E-state index contributed by atoms with van der Waals surface area (Å²) in [6.45, 7) is 0. The molecule has 0 radical (unpaired) electrons. The average Bonchev–Trinajstić information content (AvgIpc) is 2.38. The average molecular weight is 243 g/mol. The fourth-order valence-corrected chi connectivity index (χ4v) is 1.86. The number of ether oxygens (including phenoxy) is 1. The van der Waals surface area contributed by atoms with Gasteiger partial charge in [-0.15, -0.1) is 0 Å². The Kier molecular flexibility index (Phi) is 2.19. The number of benzene rings is 2.